The summed E-state index contributed by atoms with van der Waals surface area (Å²) < 4.78 is 7.65. The van der Waals surface area contributed by atoms with E-state index in [0.717, 1.165) is 5.56 Å². The largest absolute Gasteiger partial charge is 0.504 e. The minimum Gasteiger partial charge on any atom is -0.504 e. The van der Waals surface area contributed by atoms with Gasteiger partial charge in [-0.1, -0.05) is 44.2 Å². The molecule has 0 saturated carbocycles. The number of Topliss-reactive ketones (excluding diaryl/α,β-unsaturated/α-hetero) is 2. The Morgan fingerprint density at radius 2 is 1.71 bits per heavy atom. The molecule has 2 unspecified atom stereocenters. The molecule has 3 aromatic rings. The van der Waals surface area contributed by atoms with Gasteiger partial charge in [0.25, 0.3) is 0 Å². The van der Waals surface area contributed by atoms with Gasteiger partial charge in [-0.15, -0.1) is 0 Å². The predicted octanol–water partition coefficient (Wildman–Crippen LogP) is 1.89. The molecule has 5 rings (SSSR count). The van der Waals surface area contributed by atoms with E-state index in [0.29, 0.717) is 24.3 Å². The third-order valence-corrected chi connectivity index (χ3v) is 9.87. The monoisotopic (exact) mass is 719 g/mol. The Morgan fingerprint density at radius 3 is 2.40 bits per heavy atom. The number of hydrogen-bond donors (Lipinski definition) is 7. The number of nitrogens with one attached hydrogen (secondary N) is 2. The van der Waals surface area contributed by atoms with Crippen LogP contribution in [-0.4, -0.2) is 94.3 Å². The quantitative estimate of drug-likeness (QED) is 0.111. The van der Waals surface area contributed by atoms with E-state index < -0.39 is 65.2 Å². The summed E-state index contributed by atoms with van der Waals surface area (Å²) in [4.78, 5) is 63.6. The number of hydrogen-bond acceptors (Lipinski definition) is 13. The number of carboxylic acids is 1. The number of anilines is 1. The molecule has 6 atom stereocenters. The van der Waals surface area contributed by atoms with Crippen LogP contribution in [0.1, 0.15) is 65.2 Å². The molecule has 8 N–H and O–H groups in total. The van der Waals surface area contributed by atoms with Gasteiger partial charge in [0.05, 0.1) is 18.0 Å². The number of nitrogen functional groups attached to an aromatic ring is 1. The number of ether oxygens (including phenoxy) is 1. The van der Waals surface area contributed by atoms with E-state index in [1.165, 1.54) is 44.9 Å². The molecule has 1 amide bonds. The summed E-state index contributed by atoms with van der Waals surface area (Å²) in [5, 5.41) is 48.7. The molecule has 16 nitrogen and oxygen atoms in total. The lowest BCUT2D eigenvalue weighted by Crippen LogP contribution is -2.44. The van der Waals surface area contributed by atoms with E-state index >= 15 is 0 Å². The van der Waals surface area contributed by atoms with Crippen LogP contribution in [-0.2, 0) is 30.5 Å². The SMILES string of the molecule is CC1=C(C)C(=O)C(C(C)(C)CC(=O)N[C@@H](CC[C@H](CNCc2ccccc2)C[C@H]2O[C@@H](n3cnc4c(N)ncnc43)C(O)C2O)C(=O)O)=C(O)C1=O. The number of aliphatic hydroxyl groups is 3. The first-order valence-electron chi connectivity index (χ1n) is 17.0. The Labute approximate surface area is 299 Å². The van der Waals surface area contributed by atoms with Gasteiger partial charge in [-0.05, 0) is 51.1 Å². The number of nitrogens with two attached hydrogens (primary N) is 1. The van der Waals surface area contributed by atoms with Crippen molar-refractivity contribution in [3.05, 3.63) is 71.0 Å². The van der Waals surface area contributed by atoms with Crippen LogP contribution in [0, 0.1) is 11.3 Å². The van der Waals surface area contributed by atoms with Crippen molar-refractivity contribution >= 4 is 40.4 Å². The van der Waals surface area contributed by atoms with Gasteiger partial charge < -0.3 is 41.5 Å². The number of ketones is 2. The zero-order valence-corrected chi connectivity index (χ0v) is 29.4. The normalized spacial score (nSPS) is 22.3. The summed E-state index contributed by atoms with van der Waals surface area (Å²) in [5.74, 6) is -4.04. The van der Waals surface area contributed by atoms with E-state index in [2.05, 4.69) is 25.6 Å². The third kappa shape index (κ3) is 8.04. The second-order valence-corrected chi connectivity index (χ2v) is 14.1. The maximum atomic E-state index is 13.2. The van der Waals surface area contributed by atoms with Gasteiger partial charge in [0, 0.05) is 29.5 Å². The first kappa shape index (κ1) is 38.2. The number of allylic oxidation sites excluding steroid dienone is 3. The fraction of sp³-hybridized carbons (Fsp3) is 0.472. The van der Waals surface area contributed by atoms with Crippen molar-refractivity contribution in [3.8, 4) is 0 Å². The molecule has 1 fully saturated rings. The Hall–Kier alpha value is -5.03. The van der Waals surface area contributed by atoms with Crippen molar-refractivity contribution in [1.29, 1.82) is 0 Å². The van der Waals surface area contributed by atoms with Crippen LogP contribution >= 0.6 is 0 Å². The van der Waals surface area contributed by atoms with Gasteiger partial charge in [0.15, 0.2) is 29.2 Å². The minimum atomic E-state index is -1.34. The maximum absolute atomic E-state index is 13.2. The zero-order valence-electron chi connectivity index (χ0n) is 29.4. The lowest BCUT2D eigenvalue weighted by Gasteiger charge is -2.30. The van der Waals surface area contributed by atoms with Crippen molar-refractivity contribution < 1.29 is 44.3 Å². The molecule has 1 aliphatic heterocycles. The van der Waals surface area contributed by atoms with Crippen LogP contribution in [0.4, 0.5) is 5.82 Å². The van der Waals surface area contributed by atoms with Gasteiger partial charge in [-0.3, -0.25) is 19.0 Å². The Balaban J connectivity index is 1.27. The zero-order chi connectivity index (χ0) is 37.9. The number of aliphatic carboxylic acids is 1. The maximum Gasteiger partial charge on any atom is 0.326 e. The van der Waals surface area contributed by atoms with E-state index in [1.54, 1.807) is 0 Å². The third-order valence-electron chi connectivity index (χ3n) is 9.87. The molecule has 0 spiro atoms. The fourth-order valence-corrected chi connectivity index (χ4v) is 6.81. The van der Waals surface area contributed by atoms with Gasteiger partial charge in [0.1, 0.15) is 30.1 Å². The van der Waals surface area contributed by atoms with Crippen molar-refractivity contribution in [1.82, 2.24) is 30.2 Å². The average molecular weight is 720 g/mol. The highest BCUT2D eigenvalue weighted by molar-refractivity contribution is 6.24. The molecule has 1 saturated heterocycles. The van der Waals surface area contributed by atoms with Crippen molar-refractivity contribution in [2.45, 2.75) is 90.5 Å². The lowest BCUT2D eigenvalue weighted by atomic mass is 9.73. The van der Waals surface area contributed by atoms with Gasteiger partial charge in [-0.25, -0.2) is 19.7 Å². The summed E-state index contributed by atoms with van der Waals surface area (Å²) in [6.45, 7) is 6.89. The van der Waals surface area contributed by atoms with E-state index in [9.17, 15) is 39.6 Å². The van der Waals surface area contributed by atoms with E-state index in [1.807, 2.05) is 30.3 Å². The summed E-state index contributed by atoms with van der Waals surface area (Å²) in [6.07, 6.45) is -1.72. The second-order valence-electron chi connectivity index (χ2n) is 14.1. The number of nitrogens with zero attached hydrogens (tertiary/aromatic N) is 4. The molecule has 0 radical (unpaired) electrons. The number of benzene rings is 1. The number of carbonyl (C=O) groups is 4. The smallest absolute Gasteiger partial charge is 0.326 e. The Bertz CT molecular complexity index is 1910. The van der Waals surface area contributed by atoms with Crippen LogP contribution in [0.2, 0.25) is 0 Å². The average Bonchev–Trinajstić information content (AvgIpc) is 3.65. The number of carboxylic acid groups (broad SMARTS) is 1. The molecule has 3 heterocycles. The van der Waals surface area contributed by atoms with E-state index in [-0.39, 0.29) is 54.1 Å². The summed E-state index contributed by atoms with van der Waals surface area (Å²) in [6, 6.07) is 8.34. The summed E-state index contributed by atoms with van der Waals surface area (Å²) in [7, 11) is 0. The summed E-state index contributed by atoms with van der Waals surface area (Å²) >= 11 is 0. The lowest BCUT2D eigenvalue weighted by molar-refractivity contribution is -0.142. The number of aliphatic hydroxyl groups excluding tert-OH is 3. The van der Waals surface area contributed by atoms with Crippen LogP contribution in [0.15, 0.2) is 65.5 Å². The highest BCUT2D eigenvalue weighted by Gasteiger charge is 2.45. The first-order chi connectivity index (χ1) is 24.6. The molecule has 1 aliphatic carbocycles. The van der Waals surface area contributed by atoms with Crippen LogP contribution in [0.3, 0.4) is 0 Å². The number of aromatic nitrogens is 4. The molecule has 1 aromatic carbocycles. The van der Waals surface area contributed by atoms with Crippen LogP contribution < -0.4 is 16.4 Å². The standard InChI is InChI=1S/C36H45N7O9/c1-18-19(2)28(46)30(48)25(27(18)45)36(3,4)13-24(44)42-22(35(50)51)11-10-21(15-38-14-20-8-6-5-7-9-20)12-23-29(47)31(49)34(52-23)43-17-41-26-32(37)39-16-40-33(26)43/h5-9,16-17,21-23,29,31,34,38,47-49H,10-15H2,1-4H3,(H,42,44)(H,50,51)(H2,37,39,40)/t21-,22-,23+,29?,31?,34+/m0/s1. The fourth-order valence-electron chi connectivity index (χ4n) is 6.81. The van der Waals surface area contributed by atoms with Crippen molar-refractivity contribution in [2.75, 3.05) is 12.3 Å². The van der Waals surface area contributed by atoms with Gasteiger partial charge >= 0.3 is 5.97 Å². The van der Waals surface area contributed by atoms with Gasteiger partial charge in [-0.2, -0.15) is 0 Å². The van der Waals surface area contributed by atoms with Crippen LogP contribution in [0.5, 0.6) is 0 Å². The molecule has 2 aromatic heterocycles. The minimum absolute atomic E-state index is 0.00272. The number of rotatable bonds is 15. The number of amides is 1. The predicted molar refractivity (Wildman–Crippen MR) is 187 cm³/mol. The Morgan fingerprint density at radius 1 is 1.02 bits per heavy atom. The second kappa shape index (κ2) is 15.7. The highest BCUT2D eigenvalue weighted by Crippen LogP contribution is 2.39. The highest BCUT2D eigenvalue weighted by atomic mass is 16.6. The van der Waals surface area contributed by atoms with Gasteiger partial charge in [0.2, 0.25) is 11.7 Å². The number of carbonyl (C=O) groups excluding carboxylic acids is 3. The molecule has 2 aliphatic rings. The molecular formula is C36H45N7O9. The summed E-state index contributed by atoms with van der Waals surface area (Å²) in [5.41, 5.74) is 6.40. The van der Waals surface area contributed by atoms with Crippen molar-refractivity contribution in [3.63, 3.8) is 0 Å². The number of imidazole rings is 1. The Kier molecular flexibility index (Phi) is 11.5. The van der Waals surface area contributed by atoms with Crippen molar-refractivity contribution in [2.24, 2.45) is 11.3 Å². The topological polar surface area (TPSA) is 252 Å². The molecule has 52 heavy (non-hydrogen) atoms. The van der Waals surface area contributed by atoms with Crippen LogP contribution in [0.25, 0.3) is 11.2 Å². The molecular weight excluding hydrogens is 674 g/mol. The first-order valence-corrected chi connectivity index (χ1v) is 17.0. The molecule has 0 bridgehead atoms. The molecule has 16 heteroatoms. The van der Waals surface area contributed by atoms with E-state index in [4.69, 9.17) is 10.5 Å². The number of fused-ring (bicyclic) bond motifs is 1. The molecule has 278 valence electrons.